The summed E-state index contributed by atoms with van der Waals surface area (Å²) in [5.74, 6) is -1.22. The highest BCUT2D eigenvalue weighted by Crippen LogP contribution is 2.24. The van der Waals surface area contributed by atoms with E-state index in [-0.39, 0.29) is 25.9 Å². The van der Waals surface area contributed by atoms with Gasteiger partial charge >= 0.3 is 5.97 Å². The summed E-state index contributed by atoms with van der Waals surface area (Å²) in [7, 11) is -7.10. The molecule has 0 aliphatic rings. The van der Waals surface area contributed by atoms with Crippen molar-refractivity contribution in [1.29, 1.82) is 0 Å². The van der Waals surface area contributed by atoms with Gasteiger partial charge in [0.2, 0.25) is 4.80 Å². The van der Waals surface area contributed by atoms with Crippen LogP contribution in [0.1, 0.15) is 107 Å². The highest BCUT2D eigenvalue weighted by molar-refractivity contribution is 7.89. The number of hydrogen-bond acceptors (Lipinski definition) is 8. The van der Waals surface area contributed by atoms with E-state index < -0.39 is 26.1 Å². The van der Waals surface area contributed by atoms with Crippen molar-refractivity contribution in [3.63, 3.8) is 0 Å². The molecule has 2 aromatic carbocycles. The van der Waals surface area contributed by atoms with Gasteiger partial charge in [0.1, 0.15) is 11.3 Å². The molecule has 0 unspecified atom stereocenters. The largest absolute Gasteiger partial charge is 0.493 e. The van der Waals surface area contributed by atoms with Gasteiger partial charge in [-0.25, -0.2) is 4.79 Å². The summed E-state index contributed by atoms with van der Waals surface area (Å²) < 4.78 is 65.9. The molecule has 0 saturated heterocycles. The number of aromatic nitrogens is 1. The number of rotatable bonds is 21. The Balaban J connectivity index is 1.48. The predicted octanol–water partition coefficient (Wildman–Crippen LogP) is 6.84. The van der Waals surface area contributed by atoms with Crippen molar-refractivity contribution in [2.45, 2.75) is 107 Å². The first-order chi connectivity index (χ1) is 21.4. The minimum atomic E-state index is -4.42. The normalized spacial score (nSPS) is 12.6. The third-order valence-corrected chi connectivity index (χ3v) is 10.8. The Bertz CT molecular complexity index is 1700. The molecule has 11 nitrogen and oxygen atoms in total. The fourth-order valence-electron chi connectivity index (χ4n) is 4.97. The fraction of sp³-hybridized carbons (Fsp3) is 0.548. The Labute approximate surface area is 270 Å². The second kappa shape index (κ2) is 17.7. The maximum absolute atomic E-state index is 13.0. The Kier molecular flexibility index (Phi) is 14.3. The van der Waals surface area contributed by atoms with Crippen molar-refractivity contribution in [3.05, 3.63) is 46.8 Å². The van der Waals surface area contributed by atoms with Gasteiger partial charge < -0.3 is 14.4 Å². The summed E-state index contributed by atoms with van der Waals surface area (Å²) in [4.78, 5) is 13.6. The van der Waals surface area contributed by atoms with Crippen molar-refractivity contribution in [3.8, 4) is 5.75 Å². The van der Waals surface area contributed by atoms with Crippen LogP contribution < -0.4 is 14.4 Å². The van der Waals surface area contributed by atoms with Gasteiger partial charge in [0.25, 0.3) is 20.1 Å². The number of aromatic carboxylic acids is 1. The van der Waals surface area contributed by atoms with Gasteiger partial charge in [0.05, 0.1) is 26.6 Å². The Morgan fingerprint density at radius 2 is 1.40 bits per heavy atom. The Morgan fingerprint density at radius 3 is 1.96 bits per heavy atom. The first-order valence-corrected chi connectivity index (χ1v) is 19.3. The SMILES string of the molecule is CCCCCCCCCCCCCCCCOc1ccc(S(=O)(=O)NN=c2sc3ccc(S(=O)(=O)O)cc3n2C)cc1C(=O)O. The van der Waals surface area contributed by atoms with Crippen LogP contribution in [0.25, 0.3) is 10.2 Å². The molecule has 0 aliphatic heterocycles. The molecule has 3 N–H and O–H groups in total. The zero-order valence-corrected chi connectivity index (χ0v) is 28.5. The van der Waals surface area contributed by atoms with E-state index in [1.54, 1.807) is 7.05 Å². The van der Waals surface area contributed by atoms with Gasteiger partial charge in [0, 0.05) is 7.05 Å². The maximum atomic E-state index is 13.0. The first-order valence-electron chi connectivity index (χ1n) is 15.6. The topological polar surface area (TPSA) is 164 Å². The number of sulfonamides is 1. The molecule has 0 radical (unpaired) electrons. The maximum Gasteiger partial charge on any atom is 0.339 e. The monoisotopic (exact) mass is 683 g/mol. The summed E-state index contributed by atoms with van der Waals surface area (Å²) in [6.07, 6.45) is 17.2. The third-order valence-electron chi connectivity index (χ3n) is 7.59. The molecule has 0 fully saturated rings. The van der Waals surface area contributed by atoms with Crippen LogP contribution in [-0.4, -0.2) is 43.6 Å². The molecule has 1 heterocycles. The molecular formula is C31H45N3O8S3. The number of nitrogens with one attached hydrogen (secondary N) is 1. The van der Waals surface area contributed by atoms with Crippen molar-refractivity contribution in [2.24, 2.45) is 12.1 Å². The number of fused-ring (bicyclic) bond motifs is 1. The molecule has 1 aromatic heterocycles. The molecule has 45 heavy (non-hydrogen) atoms. The van der Waals surface area contributed by atoms with E-state index in [4.69, 9.17) is 4.74 Å². The van der Waals surface area contributed by atoms with Crippen LogP contribution in [0.4, 0.5) is 0 Å². The van der Waals surface area contributed by atoms with Crippen molar-refractivity contribution in [1.82, 2.24) is 9.40 Å². The molecule has 250 valence electrons. The highest BCUT2D eigenvalue weighted by Gasteiger charge is 2.20. The van der Waals surface area contributed by atoms with E-state index in [9.17, 15) is 31.3 Å². The van der Waals surface area contributed by atoms with E-state index in [0.29, 0.717) is 16.8 Å². The van der Waals surface area contributed by atoms with Crippen LogP contribution >= 0.6 is 11.3 Å². The van der Waals surface area contributed by atoms with Gasteiger partial charge in [0.15, 0.2) is 0 Å². The molecule has 3 aromatic rings. The summed E-state index contributed by atoms with van der Waals surface area (Å²) in [6.45, 7) is 2.57. The number of carboxylic acid groups (broad SMARTS) is 1. The minimum absolute atomic E-state index is 0.0960. The number of ether oxygens (including phenoxy) is 1. The summed E-state index contributed by atoms with van der Waals surface area (Å²) in [6, 6.07) is 7.59. The van der Waals surface area contributed by atoms with Gasteiger partial charge in [-0.05, 0) is 42.8 Å². The van der Waals surface area contributed by atoms with Crippen LogP contribution in [-0.2, 0) is 27.2 Å². The standard InChI is InChI=1S/C31H45N3O8S3/c1-3-4-5-6-7-8-9-10-11-12-13-14-15-16-21-42-28-19-17-24(22-26(28)30(35)36)44(37,38)33-32-31-34(2)27-23-25(45(39,40)41)18-20-29(27)43-31/h17-20,22-23,33H,3-16,21H2,1-2H3,(H,35,36)(H,39,40,41). The van der Waals surface area contributed by atoms with Crippen LogP contribution in [0, 0.1) is 0 Å². The van der Waals surface area contributed by atoms with Crippen LogP contribution in [0.3, 0.4) is 0 Å². The lowest BCUT2D eigenvalue weighted by Gasteiger charge is -2.11. The zero-order chi connectivity index (χ0) is 32.9. The lowest BCUT2D eigenvalue weighted by Crippen LogP contribution is -2.24. The predicted molar refractivity (Wildman–Crippen MR) is 176 cm³/mol. The van der Waals surface area contributed by atoms with Gasteiger partial charge in [-0.1, -0.05) is 102 Å². The number of hydrogen-bond donors (Lipinski definition) is 3. The Hall–Kier alpha value is -2.94. The molecule has 0 aliphatic carbocycles. The average Bonchev–Trinajstić information content (AvgIpc) is 3.32. The van der Waals surface area contributed by atoms with E-state index in [0.717, 1.165) is 36.7 Å². The second-order valence-corrected chi connectivity index (χ2v) is 15.3. The van der Waals surface area contributed by atoms with Crippen LogP contribution in [0.15, 0.2) is 51.3 Å². The lowest BCUT2D eigenvalue weighted by molar-refractivity contribution is 0.0691. The molecule has 0 atom stereocenters. The average molecular weight is 684 g/mol. The number of carboxylic acids is 1. The summed E-state index contributed by atoms with van der Waals surface area (Å²) >= 11 is 1.09. The smallest absolute Gasteiger partial charge is 0.339 e. The molecule has 0 saturated carbocycles. The minimum Gasteiger partial charge on any atom is -0.493 e. The van der Waals surface area contributed by atoms with Gasteiger partial charge in [-0.15, -0.1) is 5.10 Å². The number of thiazole rings is 1. The lowest BCUT2D eigenvalue weighted by atomic mass is 10.0. The Morgan fingerprint density at radius 1 is 0.844 bits per heavy atom. The number of unbranched alkanes of at least 4 members (excludes halogenated alkanes) is 13. The number of nitrogens with zero attached hydrogens (tertiary/aromatic N) is 2. The van der Waals surface area contributed by atoms with E-state index in [2.05, 4.69) is 16.9 Å². The van der Waals surface area contributed by atoms with Crippen LogP contribution in [0.5, 0.6) is 5.75 Å². The second-order valence-electron chi connectivity index (χ2n) is 11.2. The van der Waals surface area contributed by atoms with E-state index in [1.165, 1.54) is 106 Å². The molecular weight excluding hydrogens is 639 g/mol. The number of carbonyl (C=O) groups is 1. The third kappa shape index (κ3) is 11.4. The van der Waals surface area contributed by atoms with Gasteiger partial charge in [-0.2, -0.15) is 21.7 Å². The quantitative estimate of drug-likeness (QED) is 0.0624. The molecule has 0 amide bonds. The highest BCUT2D eigenvalue weighted by atomic mass is 32.2. The zero-order valence-electron chi connectivity index (χ0n) is 26.0. The van der Waals surface area contributed by atoms with E-state index >= 15 is 0 Å². The first kappa shape index (κ1) is 36.5. The fourth-order valence-corrected chi connectivity index (χ4v) is 7.32. The van der Waals surface area contributed by atoms with Gasteiger partial charge in [-0.3, -0.25) is 4.55 Å². The molecule has 14 heteroatoms. The summed E-state index contributed by atoms with van der Waals surface area (Å²) in [5.41, 5.74) is 0.148. The molecule has 0 spiro atoms. The number of benzene rings is 2. The number of aryl methyl sites for hydroxylation is 1. The van der Waals surface area contributed by atoms with E-state index in [1.807, 2.05) is 0 Å². The molecule has 3 rings (SSSR count). The van der Waals surface area contributed by atoms with Crippen LogP contribution in [0.2, 0.25) is 0 Å². The van der Waals surface area contributed by atoms with Crippen molar-refractivity contribution >= 4 is 47.7 Å². The van der Waals surface area contributed by atoms with Crippen molar-refractivity contribution < 1.29 is 36.0 Å². The summed E-state index contributed by atoms with van der Waals surface area (Å²) in [5, 5.41) is 13.7. The van der Waals surface area contributed by atoms with Crippen molar-refractivity contribution in [2.75, 3.05) is 6.61 Å². The molecule has 0 bridgehead atoms.